The van der Waals surface area contributed by atoms with Crippen LogP contribution in [0.4, 0.5) is 5.69 Å². The van der Waals surface area contributed by atoms with Crippen LogP contribution >= 0.6 is 0 Å². The fourth-order valence-corrected chi connectivity index (χ4v) is 3.87. The monoisotopic (exact) mass is 418 g/mol. The quantitative estimate of drug-likeness (QED) is 0.624. The molecule has 6 nitrogen and oxygen atoms in total. The highest BCUT2D eigenvalue weighted by Gasteiger charge is 2.34. The summed E-state index contributed by atoms with van der Waals surface area (Å²) in [4.78, 5) is 15.3. The van der Waals surface area contributed by atoms with Gasteiger partial charge in [-0.3, -0.25) is 4.79 Å². The Bertz CT molecular complexity index is 1070. The van der Waals surface area contributed by atoms with Crippen LogP contribution in [0.25, 0.3) is 0 Å². The van der Waals surface area contributed by atoms with E-state index in [-0.39, 0.29) is 5.91 Å². The molecule has 0 aliphatic carbocycles. The molecule has 1 aliphatic rings. The number of ether oxygens (including phenoxy) is 3. The third-order valence-electron chi connectivity index (χ3n) is 5.50. The van der Waals surface area contributed by atoms with Gasteiger partial charge in [0.15, 0.2) is 11.5 Å². The Morgan fingerprint density at radius 3 is 2.16 bits per heavy atom. The number of methoxy groups -OCH3 is 3. The summed E-state index contributed by atoms with van der Waals surface area (Å²) < 4.78 is 16.5. The third-order valence-corrected chi connectivity index (χ3v) is 5.50. The fraction of sp³-hybridized carbons (Fsp3) is 0.240. The molecule has 1 amide bonds. The first-order chi connectivity index (χ1) is 15.0. The average Bonchev–Trinajstić information content (AvgIpc) is 2.81. The Morgan fingerprint density at radius 1 is 0.903 bits per heavy atom. The summed E-state index contributed by atoms with van der Waals surface area (Å²) in [6.45, 7) is 2.51. The second-order valence-electron chi connectivity index (χ2n) is 7.47. The first-order valence-corrected chi connectivity index (χ1v) is 10.1. The zero-order valence-electron chi connectivity index (χ0n) is 18.1. The molecular weight excluding hydrogens is 392 g/mol. The molecule has 0 unspecified atom stereocenters. The number of carbonyl (C=O) groups excluding carboxylic acids is 1. The Morgan fingerprint density at radius 2 is 1.55 bits per heavy atom. The number of nitrogens with zero attached hydrogens (tertiary/aromatic N) is 1. The van der Waals surface area contributed by atoms with Gasteiger partial charge in [-0.2, -0.15) is 0 Å². The van der Waals surface area contributed by atoms with Gasteiger partial charge in [0.2, 0.25) is 5.75 Å². The van der Waals surface area contributed by atoms with Crippen molar-refractivity contribution in [2.45, 2.75) is 19.6 Å². The van der Waals surface area contributed by atoms with Crippen LogP contribution in [0.2, 0.25) is 0 Å². The predicted molar refractivity (Wildman–Crippen MR) is 120 cm³/mol. The van der Waals surface area contributed by atoms with Crippen molar-refractivity contribution in [3.8, 4) is 17.2 Å². The molecule has 4 rings (SSSR count). The summed E-state index contributed by atoms with van der Waals surface area (Å²) in [5, 5.41) is 3.52. The van der Waals surface area contributed by atoms with Crippen LogP contribution in [0.3, 0.4) is 0 Å². The van der Waals surface area contributed by atoms with Crippen molar-refractivity contribution in [1.29, 1.82) is 0 Å². The normalized spacial score (nSPS) is 15.2. The smallest absolute Gasteiger partial charge is 0.258 e. The van der Waals surface area contributed by atoms with E-state index in [1.54, 1.807) is 21.3 Å². The molecule has 6 heteroatoms. The summed E-state index contributed by atoms with van der Waals surface area (Å²) in [5.41, 5.74) is 4.52. The van der Waals surface area contributed by atoms with Gasteiger partial charge in [0.05, 0.1) is 26.9 Å². The number of fused-ring (bicyclic) bond motifs is 1. The van der Waals surface area contributed by atoms with Crippen molar-refractivity contribution in [2.75, 3.05) is 26.6 Å². The maximum Gasteiger partial charge on any atom is 0.258 e. The molecule has 0 fully saturated rings. The zero-order valence-corrected chi connectivity index (χ0v) is 18.1. The number of rotatable bonds is 6. The van der Waals surface area contributed by atoms with E-state index in [0.717, 1.165) is 16.8 Å². The lowest BCUT2D eigenvalue weighted by molar-refractivity contribution is 0.0666. The zero-order chi connectivity index (χ0) is 22.0. The van der Waals surface area contributed by atoms with E-state index in [1.165, 1.54) is 5.56 Å². The molecule has 0 aromatic heterocycles. The number of anilines is 1. The fourth-order valence-electron chi connectivity index (χ4n) is 3.87. The van der Waals surface area contributed by atoms with E-state index in [0.29, 0.717) is 29.4 Å². The molecule has 0 saturated heterocycles. The number of para-hydroxylation sites is 1. The van der Waals surface area contributed by atoms with Gasteiger partial charge < -0.3 is 24.4 Å². The SMILES string of the molecule is COc1cc([C@H]2Nc3ccccc3C(=O)N2Cc2ccc(C)cc2)cc(OC)c1OC. The van der Waals surface area contributed by atoms with E-state index in [9.17, 15) is 4.79 Å². The van der Waals surface area contributed by atoms with Gasteiger partial charge in [0.1, 0.15) is 6.17 Å². The molecule has 0 saturated carbocycles. The topological polar surface area (TPSA) is 60.0 Å². The summed E-state index contributed by atoms with van der Waals surface area (Å²) in [6, 6.07) is 19.5. The van der Waals surface area contributed by atoms with Crippen molar-refractivity contribution >= 4 is 11.6 Å². The Hall–Kier alpha value is -3.67. The molecule has 1 atom stereocenters. The highest BCUT2D eigenvalue weighted by Crippen LogP contribution is 2.42. The van der Waals surface area contributed by atoms with Crippen molar-refractivity contribution < 1.29 is 19.0 Å². The van der Waals surface area contributed by atoms with Crippen LogP contribution < -0.4 is 19.5 Å². The number of carbonyl (C=O) groups is 1. The minimum absolute atomic E-state index is 0.0336. The predicted octanol–water partition coefficient (Wildman–Crippen LogP) is 4.79. The lowest BCUT2D eigenvalue weighted by Crippen LogP contribution is -2.42. The molecule has 1 N–H and O–H groups in total. The van der Waals surface area contributed by atoms with Gasteiger partial charge in [-0.05, 0) is 36.8 Å². The van der Waals surface area contributed by atoms with Gasteiger partial charge >= 0.3 is 0 Å². The number of aryl methyl sites for hydroxylation is 1. The molecule has 3 aromatic carbocycles. The Balaban J connectivity index is 1.81. The van der Waals surface area contributed by atoms with Crippen LogP contribution in [-0.2, 0) is 6.54 Å². The number of hydrogen-bond donors (Lipinski definition) is 1. The maximum absolute atomic E-state index is 13.5. The second-order valence-corrected chi connectivity index (χ2v) is 7.47. The highest BCUT2D eigenvalue weighted by atomic mass is 16.5. The Kier molecular flexibility index (Phi) is 5.71. The third kappa shape index (κ3) is 3.89. The molecule has 3 aromatic rings. The first kappa shape index (κ1) is 20.6. The molecule has 160 valence electrons. The van der Waals surface area contributed by atoms with Crippen LogP contribution in [0.15, 0.2) is 60.7 Å². The van der Waals surface area contributed by atoms with Crippen LogP contribution in [0.1, 0.15) is 33.2 Å². The summed E-state index contributed by atoms with van der Waals surface area (Å²) in [7, 11) is 4.74. The van der Waals surface area contributed by atoms with E-state index in [4.69, 9.17) is 14.2 Å². The van der Waals surface area contributed by atoms with Gasteiger partial charge in [-0.1, -0.05) is 42.0 Å². The maximum atomic E-state index is 13.5. The highest BCUT2D eigenvalue weighted by molar-refractivity contribution is 6.01. The molecule has 1 aliphatic heterocycles. The van der Waals surface area contributed by atoms with E-state index in [1.807, 2.05) is 48.2 Å². The summed E-state index contributed by atoms with van der Waals surface area (Å²) in [6.07, 6.45) is -0.405. The largest absolute Gasteiger partial charge is 0.493 e. The van der Waals surface area contributed by atoms with Crippen LogP contribution in [-0.4, -0.2) is 32.1 Å². The molecule has 0 bridgehead atoms. The van der Waals surface area contributed by atoms with Crippen LogP contribution in [0.5, 0.6) is 17.2 Å². The number of benzene rings is 3. The molecule has 0 spiro atoms. The summed E-state index contributed by atoms with van der Waals surface area (Å²) in [5.74, 6) is 1.57. The second kappa shape index (κ2) is 8.60. The van der Waals surface area contributed by atoms with Crippen molar-refractivity contribution in [3.05, 3.63) is 82.9 Å². The molecule has 1 heterocycles. The van der Waals surface area contributed by atoms with Crippen molar-refractivity contribution in [1.82, 2.24) is 4.90 Å². The van der Waals surface area contributed by atoms with Crippen molar-refractivity contribution in [2.24, 2.45) is 0 Å². The summed E-state index contributed by atoms with van der Waals surface area (Å²) >= 11 is 0. The van der Waals surface area contributed by atoms with E-state index >= 15 is 0 Å². The average molecular weight is 418 g/mol. The molecule has 31 heavy (non-hydrogen) atoms. The van der Waals surface area contributed by atoms with Gasteiger partial charge in [-0.25, -0.2) is 0 Å². The minimum atomic E-state index is -0.405. The molecule has 0 radical (unpaired) electrons. The standard InChI is InChI=1S/C25H26N2O4/c1-16-9-11-17(12-10-16)15-27-24(26-20-8-6-5-7-19(20)25(27)28)18-13-21(29-2)23(31-4)22(14-18)30-3/h5-14,24,26H,15H2,1-4H3/t24-/m0/s1. The van der Waals surface area contributed by atoms with Gasteiger partial charge in [-0.15, -0.1) is 0 Å². The van der Waals surface area contributed by atoms with Crippen molar-refractivity contribution in [3.63, 3.8) is 0 Å². The number of amides is 1. The lowest BCUT2D eigenvalue weighted by Gasteiger charge is -2.38. The van der Waals surface area contributed by atoms with Gasteiger partial charge in [0, 0.05) is 17.8 Å². The lowest BCUT2D eigenvalue weighted by atomic mass is 10.0. The van der Waals surface area contributed by atoms with Gasteiger partial charge in [0.25, 0.3) is 5.91 Å². The van der Waals surface area contributed by atoms with E-state index < -0.39 is 6.17 Å². The Labute approximate surface area is 182 Å². The van der Waals surface area contributed by atoms with E-state index in [2.05, 4.69) is 29.6 Å². The minimum Gasteiger partial charge on any atom is -0.493 e. The molecular formula is C25H26N2O4. The number of nitrogens with one attached hydrogen (secondary N) is 1. The number of hydrogen-bond acceptors (Lipinski definition) is 5. The van der Waals surface area contributed by atoms with Crippen LogP contribution in [0, 0.1) is 6.92 Å². The first-order valence-electron chi connectivity index (χ1n) is 10.1.